The van der Waals surface area contributed by atoms with E-state index in [1.165, 1.54) is 6.20 Å². The van der Waals surface area contributed by atoms with Crippen molar-refractivity contribution in [2.75, 3.05) is 5.43 Å². The van der Waals surface area contributed by atoms with Crippen LogP contribution in [0.15, 0.2) is 18.3 Å². The lowest BCUT2D eigenvalue weighted by Gasteiger charge is -2.33. The number of hydrogen-bond acceptors (Lipinski definition) is 4. The number of nitrogens with zero attached hydrogens (tertiary/aromatic N) is 1. The van der Waals surface area contributed by atoms with Gasteiger partial charge in [-0.1, -0.05) is 20.8 Å². The van der Waals surface area contributed by atoms with Crippen molar-refractivity contribution in [2.45, 2.75) is 46.6 Å². The number of pyridine rings is 1. The second-order valence-corrected chi connectivity index (χ2v) is 6.65. The van der Waals surface area contributed by atoms with E-state index in [9.17, 15) is 4.79 Å². The van der Waals surface area contributed by atoms with Crippen LogP contribution in [0.4, 0.5) is 5.82 Å². The normalized spacial score (nSPS) is 12.1. The third-order valence-corrected chi connectivity index (χ3v) is 2.60. The Morgan fingerprint density at radius 1 is 1.26 bits per heavy atom. The van der Waals surface area contributed by atoms with Crippen molar-refractivity contribution >= 4 is 11.7 Å². The Labute approximate surface area is 115 Å². The van der Waals surface area contributed by atoms with Gasteiger partial charge >= 0.3 is 0 Å². The molecule has 5 heteroatoms. The first kappa shape index (κ1) is 15.4. The molecule has 0 spiro atoms. The number of nitrogens with one attached hydrogen (secondary N) is 2. The molecule has 106 valence electrons. The van der Waals surface area contributed by atoms with Gasteiger partial charge in [0, 0.05) is 11.7 Å². The molecule has 0 aromatic carbocycles. The van der Waals surface area contributed by atoms with Crippen molar-refractivity contribution < 1.29 is 4.79 Å². The van der Waals surface area contributed by atoms with E-state index in [0.29, 0.717) is 11.4 Å². The number of nitrogen functional groups attached to an aromatic ring is 1. The van der Waals surface area contributed by atoms with Crippen LogP contribution in [-0.2, 0) is 0 Å². The van der Waals surface area contributed by atoms with Crippen LogP contribution in [0.3, 0.4) is 0 Å². The van der Waals surface area contributed by atoms with E-state index in [-0.39, 0.29) is 16.9 Å². The molecular formula is C14H24N4O. The average Bonchev–Trinajstić information content (AvgIpc) is 2.25. The van der Waals surface area contributed by atoms with Crippen LogP contribution < -0.4 is 16.6 Å². The Morgan fingerprint density at radius 2 is 1.89 bits per heavy atom. The third-order valence-electron chi connectivity index (χ3n) is 2.60. The van der Waals surface area contributed by atoms with Gasteiger partial charge < -0.3 is 10.7 Å². The smallest absolute Gasteiger partial charge is 0.253 e. The fourth-order valence-electron chi connectivity index (χ4n) is 2.36. The molecule has 19 heavy (non-hydrogen) atoms. The van der Waals surface area contributed by atoms with E-state index in [1.54, 1.807) is 12.1 Å². The first-order valence-electron chi connectivity index (χ1n) is 6.38. The van der Waals surface area contributed by atoms with Crippen LogP contribution in [0.1, 0.15) is 51.4 Å². The number of nitrogens with two attached hydrogens (primary N) is 1. The molecule has 0 aliphatic carbocycles. The fourth-order valence-corrected chi connectivity index (χ4v) is 2.36. The van der Waals surface area contributed by atoms with E-state index in [0.717, 1.165) is 6.42 Å². The largest absolute Gasteiger partial charge is 0.347 e. The SMILES string of the molecule is CC(C)(C)CC(C)(C)NC(=O)c1ccc(NN)nc1. The average molecular weight is 264 g/mol. The molecule has 0 bridgehead atoms. The minimum absolute atomic E-state index is 0.120. The molecule has 0 unspecified atom stereocenters. The summed E-state index contributed by atoms with van der Waals surface area (Å²) < 4.78 is 0. The minimum atomic E-state index is -0.264. The zero-order valence-corrected chi connectivity index (χ0v) is 12.4. The molecule has 0 aliphatic heterocycles. The maximum absolute atomic E-state index is 12.1. The first-order chi connectivity index (χ1) is 8.63. The second kappa shape index (κ2) is 5.57. The standard InChI is InChI=1S/C14H24N4O/c1-13(2,3)9-14(4,5)17-12(19)10-6-7-11(18-15)16-8-10/h6-8H,9,15H2,1-5H3,(H,16,18)(H,17,19). The number of hydrazine groups is 1. The summed E-state index contributed by atoms with van der Waals surface area (Å²) in [6.07, 6.45) is 2.40. The van der Waals surface area contributed by atoms with Crippen molar-refractivity contribution in [3.8, 4) is 0 Å². The summed E-state index contributed by atoms with van der Waals surface area (Å²) >= 11 is 0. The molecule has 0 saturated heterocycles. The molecule has 1 rings (SSSR count). The van der Waals surface area contributed by atoms with Gasteiger partial charge in [0.2, 0.25) is 0 Å². The van der Waals surface area contributed by atoms with E-state index in [4.69, 9.17) is 5.84 Å². The number of rotatable bonds is 4. The van der Waals surface area contributed by atoms with Gasteiger partial charge in [0.05, 0.1) is 5.56 Å². The number of carbonyl (C=O) groups is 1. The van der Waals surface area contributed by atoms with E-state index in [1.807, 2.05) is 13.8 Å². The quantitative estimate of drug-likeness (QED) is 0.576. The molecule has 0 saturated carbocycles. The van der Waals surface area contributed by atoms with Gasteiger partial charge in [-0.3, -0.25) is 4.79 Å². The Morgan fingerprint density at radius 3 is 2.32 bits per heavy atom. The van der Waals surface area contributed by atoms with Crippen molar-refractivity contribution in [3.05, 3.63) is 23.9 Å². The lowest BCUT2D eigenvalue weighted by molar-refractivity contribution is 0.0891. The number of aromatic nitrogens is 1. The molecule has 1 aromatic rings. The highest BCUT2D eigenvalue weighted by molar-refractivity contribution is 5.94. The Hall–Kier alpha value is -1.62. The summed E-state index contributed by atoms with van der Waals surface area (Å²) in [6.45, 7) is 10.5. The summed E-state index contributed by atoms with van der Waals surface area (Å²) in [5.41, 5.74) is 2.85. The van der Waals surface area contributed by atoms with Gasteiger partial charge in [-0.05, 0) is 37.8 Å². The van der Waals surface area contributed by atoms with Crippen molar-refractivity contribution in [1.29, 1.82) is 0 Å². The van der Waals surface area contributed by atoms with Crippen molar-refractivity contribution in [3.63, 3.8) is 0 Å². The Bertz CT molecular complexity index is 432. The third kappa shape index (κ3) is 5.26. The molecule has 1 heterocycles. The van der Waals surface area contributed by atoms with Gasteiger partial charge in [-0.15, -0.1) is 0 Å². The molecule has 0 aliphatic rings. The van der Waals surface area contributed by atoms with Gasteiger partial charge in [-0.25, -0.2) is 10.8 Å². The van der Waals surface area contributed by atoms with Crippen molar-refractivity contribution in [2.24, 2.45) is 11.3 Å². The zero-order valence-electron chi connectivity index (χ0n) is 12.4. The van der Waals surface area contributed by atoms with Gasteiger partial charge in [0.1, 0.15) is 5.82 Å². The molecule has 1 aromatic heterocycles. The van der Waals surface area contributed by atoms with E-state index >= 15 is 0 Å². The van der Waals surface area contributed by atoms with E-state index in [2.05, 4.69) is 36.5 Å². The van der Waals surface area contributed by atoms with Crippen LogP contribution in [0, 0.1) is 5.41 Å². The van der Waals surface area contributed by atoms with E-state index < -0.39 is 0 Å². The fraction of sp³-hybridized carbons (Fsp3) is 0.571. The summed E-state index contributed by atoms with van der Waals surface area (Å²) in [6, 6.07) is 3.37. The van der Waals surface area contributed by atoms with Crippen LogP contribution in [0.5, 0.6) is 0 Å². The summed E-state index contributed by atoms with van der Waals surface area (Å²) in [5.74, 6) is 5.65. The molecule has 0 atom stereocenters. The highest BCUT2D eigenvalue weighted by Crippen LogP contribution is 2.27. The van der Waals surface area contributed by atoms with Gasteiger partial charge in [0.15, 0.2) is 0 Å². The molecular weight excluding hydrogens is 240 g/mol. The van der Waals surface area contributed by atoms with Crippen LogP contribution >= 0.6 is 0 Å². The highest BCUT2D eigenvalue weighted by atomic mass is 16.1. The maximum atomic E-state index is 12.1. The number of carbonyl (C=O) groups excluding carboxylic acids is 1. The highest BCUT2D eigenvalue weighted by Gasteiger charge is 2.27. The Balaban J connectivity index is 2.72. The second-order valence-electron chi connectivity index (χ2n) is 6.65. The van der Waals surface area contributed by atoms with Crippen LogP contribution in [0.25, 0.3) is 0 Å². The van der Waals surface area contributed by atoms with Crippen LogP contribution in [-0.4, -0.2) is 16.4 Å². The Kier molecular flexibility index (Phi) is 4.52. The maximum Gasteiger partial charge on any atom is 0.253 e. The molecule has 5 nitrogen and oxygen atoms in total. The predicted molar refractivity (Wildman–Crippen MR) is 77.7 cm³/mol. The lowest BCUT2D eigenvalue weighted by atomic mass is 9.81. The van der Waals surface area contributed by atoms with Crippen LogP contribution in [0.2, 0.25) is 0 Å². The monoisotopic (exact) mass is 264 g/mol. The molecule has 0 fully saturated rings. The number of anilines is 1. The summed E-state index contributed by atoms with van der Waals surface area (Å²) in [5, 5.41) is 3.04. The lowest BCUT2D eigenvalue weighted by Crippen LogP contribution is -2.45. The predicted octanol–water partition coefficient (Wildman–Crippen LogP) is 2.31. The summed E-state index contributed by atoms with van der Waals surface area (Å²) in [7, 11) is 0. The number of amides is 1. The topological polar surface area (TPSA) is 80.0 Å². The minimum Gasteiger partial charge on any atom is -0.347 e. The zero-order chi connectivity index (χ0) is 14.7. The van der Waals surface area contributed by atoms with Gasteiger partial charge in [0.25, 0.3) is 5.91 Å². The molecule has 1 amide bonds. The first-order valence-corrected chi connectivity index (χ1v) is 6.38. The number of hydrogen-bond donors (Lipinski definition) is 3. The van der Waals surface area contributed by atoms with Crippen molar-refractivity contribution in [1.82, 2.24) is 10.3 Å². The molecule has 4 N–H and O–H groups in total. The summed E-state index contributed by atoms with van der Waals surface area (Å²) in [4.78, 5) is 16.2. The molecule has 0 radical (unpaired) electrons. The van der Waals surface area contributed by atoms with Gasteiger partial charge in [-0.2, -0.15) is 0 Å².